The van der Waals surface area contributed by atoms with Crippen LogP contribution in [0.2, 0.25) is 5.02 Å². The largest absolute Gasteiger partial charge is 0.394 e. The highest BCUT2D eigenvalue weighted by atomic mass is 35.5. The zero-order valence-electron chi connectivity index (χ0n) is 17.6. The summed E-state index contributed by atoms with van der Waals surface area (Å²) in [7, 11) is -3.57. The summed E-state index contributed by atoms with van der Waals surface area (Å²) in [5, 5.41) is 13.7. The van der Waals surface area contributed by atoms with Gasteiger partial charge in [0.25, 0.3) is 0 Å². The lowest BCUT2D eigenvalue weighted by Gasteiger charge is -2.41. The summed E-state index contributed by atoms with van der Waals surface area (Å²) < 4.78 is 30.7. The van der Waals surface area contributed by atoms with Gasteiger partial charge in [0.1, 0.15) is 11.6 Å². The van der Waals surface area contributed by atoms with Gasteiger partial charge in [-0.25, -0.2) is 19.2 Å². The van der Waals surface area contributed by atoms with Gasteiger partial charge in [-0.1, -0.05) is 11.6 Å². The third kappa shape index (κ3) is 4.30. The standard InChI is InChI=1S/C21H26ClN5O3S2/c22-16-11-23-19(24-12-16)14-3-8-32(30,9-4-14)27-17-10-15-2-7-31(29)18(15)20(25-17)26-21(13-28)5-1-6-21/h10-12,14,28H,1-9,13H2,(H,25,26)/t14?,31-,32?/m0/s1. The maximum absolute atomic E-state index is 13.5. The van der Waals surface area contributed by atoms with E-state index in [2.05, 4.69) is 24.6 Å². The van der Waals surface area contributed by atoms with Crippen molar-refractivity contribution in [3.8, 4) is 0 Å². The highest BCUT2D eigenvalue weighted by molar-refractivity contribution is 7.93. The highest BCUT2D eigenvalue weighted by Gasteiger charge is 2.38. The van der Waals surface area contributed by atoms with Crippen LogP contribution in [0.25, 0.3) is 0 Å². The molecular weight excluding hydrogens is 470 g/mol. The average molecular weight is 496 g/mol. The number of anilines is 1. The van der Waals surface area contributed by atoms with Crippen molar-refractivity contribution in [3.63, 3.8) is 0 Å². The molecule has 0 unspecified atom stereocenters. The van der Waals surface area contributed by atoms with Crippen molar-refractivity contribution in [3.05, 3.63) is 34.9 Å². The molecule has 0 bridgehead atoms. The fourth-order valence-corrected chi connectivity index (χ4v) is 8.18. The maximum Gasteiger partial charge on any atom is 0.164 e. The minimum absolute atomic E-state index is 0.00234. The summed E-state index contributed by atoms with van der Waals surface area (Å²) in [5.41, 5.74) is 0.531. The molecule has 0 amide bonds. The Morgan fingerprint density at radius 3 is 2.62 bits per heavy atom. The number of nitrogens with one attached hydrogen (secondary N) is 1. The first kappa shape index (κ1) is 22.2. The van der Waals surface area contributed by atoms with Crippen LogP contribution in [0.3, 0.4) is 0 Å². The van der Waals surface area contributed by atoms with E-state index in [0.717, 1.165) is 30.7 Å². The molecule has 11 heteroatoms. The van der Waals surface area contributed by atoms with Crippen LogP contribution in [-0.2, 0) is 26.9 Å². The topological polar surface area (TPSA) is 117 Å². The molecule has 1 atom stereocenters. The molecule has 2 aromatic heterocycles. The zero-order chi connectivity index (χ0) is 22.3. The molecule has 2 aromatic rings. The van der Waals surface area contributed by atoms with Gasteiger partial charge in [0.15, 0.2) is 5.82 Å². The molecule has 4 heterocycles. The summed E-state index contributed by atoms with van der Waals surface area (Å²) >= 11 is 5.88. The Hall–Kier alpha value is -1.62. The monoisotopic (exact) mass is 495 g/mol. The van der Waals surface area contributed by atoms with Gasteiger partial charge < -0.3 is 10.4 Å². The van der Waals surface area contributed by atoms with Gasteiger partial charge in [-0.3, -0.25) is 4.21 Å². The summed E-state index contributed by atoms with van der Waals surface area (Å²) in [5.74, 6) is 3.29. The van der Waals surface area contributed by atoms with E-state index >= 15 is 0 Å². The number of hydrogen-bond acceptors (Lipinski definition) is 8. The second-order valence-corrected chi connectivity index (χ2v) is 13.3. The number of aryl methyl sites for hydroxylation is 1. The van der Waals surface area contributed by atoms with Crippen LogP contribution in [0.5, 0.6) is 0 Å². The lowest BCUT2D eigenvalue weighted by Crippen LogP contribution is -2.48. The number of nitrogens with zero attached hydrogens (tertiary/aromatic N) is 4. The number of aliphatic hydroxyl groups is 1. The first-order valence-corrected chi connectivity index (χ1v) is 14.4. The number of halogens is 1. The van der Waals surface area contributed by atoms with Crippen molar-refractivity contribution < 1.29 is 13.5 Å². The van der Waals surface area contributed by atoms with Crippen LogP contribution in [0.1, 0.15) is 49.4 Å². The van der Waals surface area contributed by atoms with E-state index in [1.54, 1.807) is 12.4 Å². The molecule has 2 aliphatic heterocycles. The van der Waals surface area contributed by atoms with E-state index in [0.29, 0.717) is 58.1 Å². The van der Waals surface area contributed by atoms with Crippen LogP contribution < -0.4 is 5.32 Å². The number of hydrogen-bond donors (Lipinski definition) is 2. The minimum atomic E-state index is -2.45. The van der Waals surface area contributed by atoms with Gasteiger partial charge in [-0.2, -0.15) is 4.36 Å². The number of rotatable bonds is 5. The SMILES string of the molecule is O=[S@]1CCc2cc(N=S3(=O)CCC(c4ncc(Cl)cn4)CC3)nc(NC3(CO)CCC3)c21. The van der Waals surface area contributed by atoms with Crippen LogP contribution in [0.15, 0.2) is 27.7 Å². The van der Waals surface area contributed by atoms with E-state index in [4.69, 9.17) is 11.6 Å². The Labute approximate surface area is 195 Å². The number of aromatic nitrogens is 3. The zero-order valence-corrected chi connectivity index (χ0v) is 20.0. The van der Waals surface area contributed by atoms with Crippen molar-refractivity contribution in [2.75, 3.05) is 29.2 Å². The smallest absolute Gasteiger partial charge is 0.164 e. The Bertz CT molecular complexity index is 1160. The lowest BCUT2D eigenvalue weighted by atomic mass is 9.77. The van der Waals surface area contributed by atoms with E-state index in [9.17, 15) is 13.5 Å². The Balaban J connectivity index is 1.41. The molecule has 5 rings (SSSR count). The van der Waals surface area contributed by atoms with Gasteiger partial charge in [0, 0.05) is 35.6 Å². The van der Waals surface area contributed by atoms with Gasteiger partial charge in [0.05, 0.1) is 42.6 Å². The van der Waals surface area contributed by atoms with E-state index in [-0.39, 0.29) is 12.5 Å². The molecule has 8 nitrogen and oxygen atoms in total. The van der Waals surface area contributed by atoms with Crippen LogP contribution in [0, 0.1) is 0 Å². The van der Waals surface area contributed by atoms with Gasteiger partial charge in [0.2, 0.25) is 0 Å². The van der Waals surface area contributed by atoms with Crippen molar-refractivity contribution in [2.45, 2.75) is 54.9 Å². The summed E-state index contributed by atoms with van der Waals surface area (Å²) in [4.78, 5) is 14.0. The van der Waals surface area contributed by atoms with Gasteiger partial charge in [-0.05, 0) is 50.2 Å². The molecule has 1 aliphatic carbocycles. The Morgan fingerprint density at radius 2 is 2.00 bits per heavy atom. The van der Waals surface area contributed by atoms with Crippen LogP contribution >= 0.6 is 11.6 Å². The third-order valence-corrected chi connectivity index (χ3v) is 10.6. The molecule has 32 heavy (non-hydrogen) atoms. The summed E-state index contributed by atoms with van der Waals surface area (Å²) in [6, 6.07) is 1.83. The molecule has 2 N–H and O–H groups in total. The quantitative estimate of drug-likeness (QED) is 0.653. The predicted octanol–water partition coefficient (Wildman–Crippen LogP) is 3.19. The average Bonchev–Trinajstić information content (AvgIpc) is 3.12. The molecule has 2 fully saturated rings. The minimum Gasteiger partial charge on any atom is -0.394 e. The molecular formula is C21H26ClN5O3S2. The molecule has 3 aliphatic rings. The van der Waals surface area contributed by atoms with Crippen molar-refractivity contribution in [1.29, 1.82) is 0 Å². The molecule has 0 aromatic carbocycles. The second kappa shape index (κ2) is 8.62. The van der Waals surface area contributed by atoms with Gasteiger partial charge >= 0.3 is 0 Å². The second-order valence-electron chi connectivity index (χ2n) is 8.84. The van der Waals surface area contributed by atoms with Gasteiger partial charge in [-0.15, -0.1) is 0 Å². The van der Waals surface area contributed by atoms with Crippen molar-refractivity contribution in [2.24, 2.45) is 4.36 Å². The Morgan fingerprint density at radius 1 is 1.28 bits per heavy atom. The Kier molecular flexibility index (Phi) is 5.98. The molecule has 172 valence electrons. The fraction of sp³-hybridized carbons (Fsp3) is 0.571. The summed E-state index contributed by atoms with van der Waals surface area (Å²) in [6.07, 6.45) is 7.98. The molecule has 1 saturated heterocycles. The van der Waals surface area contributed by atoms with E-state index < -0.39 is 26.1 Å². The fourth-order valence-electron chi connectivity index (χ4n) is 4.58. The third-order valence-electron chi connectivity index (χ3n) is 6.65. The van der Waals surface area contributed by atoms with Crippen molar-refractivity contribution in [1.82, 2.24) is 15.0 Å². The molecule has 0 radical (unpaired) electrons. The van der Waals surface area contributed by atoms with E-state index in [1.807, 2.05) is 6.07 Å². The van der Waals surface area contributed by atoms with E-state index in [1.165, 1.54) is 0 Å². The lowest BCUT2D eigenvalue weighted by molar-refractivity contribution is 0.143. The van der Waals surface area contributed by atoms with Crippen LogP contribution in [-0.4, -0.2) is 57.9 Å². The predicted molar refractivity (Wildman–Crippen MR) is 125 cm³/mol. The maximum atomic E-state index is 13.5. The normalized spacial score (nSPS) is 28.6. The van der Waals surface area contributed by atoms with Crippen LogP contribution in [0.4, 0.5) is 11.6 Å². The first-order chi connectivity index (χ1) is 15.4. The molecule has 0 spiro atoms. The van der Waals surface area contributed by atoms with Crippen molar-refractivity contribution >= 4 is 43.8 Å². The number of fused-ring (bicyclic) bond motifs is 1. The number of aliphatic hydroxyl groups excluding tert-OH is 1. The molecule has 1 saturated carbocycles. The summed E-state index contributed by atoms with van der Waals surface area (Å²) in [6.45, 7) is 0.00234. The first-order valence-electron chi connectivity index (χ1n) is 10.9. The number of pyridine rings is 1. The highest BCUT2D eigenvalue weighted by Crippen LogP contribution is 2.39.